The van der Waals surface area contributed by atoms with Gasteiger partial charge in [-0.2, -0.15) is 0 Å². The van der Waals surface area contributed by atoms with Crippen molar-refractivity contribution in [3.8, 4) is 17.1 Å². The highest BCUT2D eigenvalue weighted by Gasteiger charge is 2.09. The van der Waals surface area contributed by atoms with Gasteiger partial charge < -0.3 is 10.1 Å². The van der Waals surface area contributed by atoms with Gasteiger partial charge in [-0.25, -0.2) is 9.97 Å². The quantitative estimate of drug-likeness (QED) is 0.910. The van der Waals surface area contributed by atoms with Crippen LogP contribution in [0, 0.1) is 0 Å². The molecule has 0 amide bonds. The standard InChI is InChI=1S/C15H18ClN3O/c1-4-11-9-14(17-5-2)19-15(18-11)10-6-7-13(20-3)12(16)8-10/h6-9H,4-5H2,1-3H3,(H,17,18,19). The molecule has 0 spiro atoms. The van der Waals surface area contributed by atoms with E-state index in [1.165, 1.54) is 0 Å². The molecule has 0 aliphatic rings. The Kier molecular flexibility index (Phi) is 4.79. The molecule has 2 aromatic rings. The number of ether oxygens (including phenoxy) is 1. The van der Waals surface area contributed by atoms with Crippen LogP contribution >= 0.6 is 11.6 Å². The first-order valence-corrected chi connectivity index (χ1v) is 7.01. The lowest BCUT2D eigenvalue weighted by Gasteiger charge is -2.09. The number of rotatable bonds is 5. The minimum Gasteiger partial charge on any atom is -0.495 e. The monoisotopic (exact) mass is 291 g/mol. The van der Waals surface area contributed by atoms with Crippen molar-refractivity contribution in [2.45, 2.75) is 20.3 Å². The second-order valence-electron chi connectivity index (χ2n) is 4.30. The predicted octanol–water partition coefficient (Wildman–Crippen LogP) is 3.80. The number of nitrogens with one attached hydrogen (secondary N) is 1. The zero-order valence-electron chi connectivity index (χ0n) is 11.9. The van der Waals surface area contributed by atoms with Gasteiger partial charge in [0.2, 0.25) is 0 Å². The van der Waals surface area contributed by atoms with Crippen LogP contribution in [0.5, 0.6) is 5.75 Å². The molecule has 4 nitrogen and oxygen atoms in total. The molecule has 0 saturated heterocycles. The summed E-state index contributed by atoms with van der Waals surface area (Å²) < 4.78 is 5.16. The van der Waals surface area contributed by atoms with Crippen molar-refractivity contribution >= 4 is 17.4 Å². The van der Waals surface area contributed by atoms with Gasteiger partial charge in [0.15, 0.2) is 5.82 Å². The molecule has 2 rings (SSSR count). The van der Waals surface area contributed by atoms with Crippen LogP contribution in [0.1, 0.15) is 19.5 Å². The van der Waals surface area contributed by atoms with Gasteiger partial charge in [-0.05, 0) is 31.5 Å². The molecule has 1 aromatic carbocycles. The Bertz CT molecular complexity index is 602. The molecule has 0 atom stereocenters. The van der Waals surface area contributed by atoms with Crippen LogP contribution in [0.4, 0.5) is 5.82 Å². The van der Waals surface area contributed by atoms with Crippen molar-refractivity contribution in [3.63, 3.8) is 0 Å². The maximum absolute atomic E-state index is 6.16. The first-order valence-electron chi connectivity index (χ1n) is 6.63. The average molecular weight is 292 g/mol. The third kappa shape index (κ3) is 3.20. The van der Waals surface area contributed by atoms with Crippen molar-refractivity contribution in [3.05, 3.63) is 35.0 Å². The maximum Gasteiger partial charge on any atom is 0.161 e. The highest BCUT2D eigenvalue weighted by atomic mass is 35.5. The fraction of sp³-hybridized carbons (Fsp3) is 0.333. The van der Waals surface area contributed by atoms with E-state index in [2.05, 4.69) is 22.2 Å². The summed E-state index contributed by atoms with van der Waals surface area (Å²) in [4.78, 5) is 9.07. The van der Waals surface area contributed by atoms with E-state index in [1.807, 2.05) is 31.2 Å². The number of halogens is 1. The van der Waals surface area contributed by atoms with E-state index in [9.17, 15) is 0 Å². The Balaban J connectivity index is 2.45. The summed E-state index contributed by atoms with van der Waals surface area (Å²) in [6.45, 7) is 4.93. The zero-order valence-corrected chi connectivity index (χ0v) is 12.7. The molecule has 106 valence electrons. The Morgan fingerprint density at radius 3 is 2.60 bits per heavy atom. The zero-order chi connectivity index (χ0) is 14.5. The summed E-state index contributed by atoms with van der Waals surface area (Å²) in [5, 5.41) is 3.78. The molecular formula is C15H18ClN3O. The first kappa shape index (κ1) is 14.6. The molecule has 1 aromatic heterocycles. The van der Waals surface area contributed by atoms with Crippen LogP contribution in [-0.4, -0.2) is 23.6 Å². The summed E-state index contributed by atoms with van der Waals surface area (Å²) >= 11 is 6.16. The van der Waals surface area contributed by atoms with Crippen LogP contribution in [0.25, 0.3) is 11.4 Å². The summed E-state index contributed by atoms with van der Waals surface area (Å²) in [6, 6.07) is 7.53. The lowest BCUT2D eigenvalue weighted by Crippen LogP contribution is -2.03. The topological polar surface area (TPSA) is 47.0 Å². The predicted molar refractivity (Wildman–Crippen MR) is 82.6 cm³/mol. The van der Waals surface area contributed by atoms with Crippen molar-refractivity contribution in [1.29, 1.82) is 0 Å². The lowest BCUT2D eigenvalue weighted by atomic mass is 10.2. The minimum absolute atomic E-state index is 0.556. The summed E-state index contributed by atoms with van der Waals surface area (Å²) in [6.07, 6.45) is 0.859. The van der Waals surface area contributed by atoms with Crippen LogP contribution in [0.15, 0.2) is 24.3 Å². The Morgan fingerprint density at radius 2 is 2.00 bits per heavy atom. The second kappa shape index (κ2) is 6.57. The van der Waals surface area contributed by atoms with E-state index in [-0.39, 0.29) is 0 Å². The van der Waals surface area contributed by atoms with Gasteiger partial charge in [-0.3, -0.25) is 0 Å². The third-order valence-corrected chi connectivity index (χ3v) is 3.20. The lowest BCUT2D eigenvalue weighted by molar-refractivity contribution is 0.415. The number of methoxy groups -OCH3 is 1. The SMILES string of the molecule is CCNc1cc(CC)nc(-c2ccc(OC)c(Cl)c2)n1. The van der Waals surface area contributed by atoms with E-state index in [4.69, 9.17) is 16.3 Å². The van der Waals surface area contributed by atoms with Crippen molar-refractivity contribution < 1.29 is 4.74 Å². The van der Waals surface area contributed by atoms with E-state index in [1.54, 1.807) is 7.11 Å². The van der Waals surface area contributed by atoms with Crippen LogP contribution in [-0.2, 0) is 6.42 Å². The molecule has 5 heteroatoms. The van der Waals surface area contributed by atoms with Crippen LogP contribution in [0.3, 0.4) is 0 Å². The Hall–Kier alpha value is -1.81. The van der Waals surface area contributed by atoms with Crippen LogP contribution in [0.2, 0.25) is 5.02 Å². The largest absolute Gasteiger partial charge is 0.495 e. The Labute approximate surface area is 124 Å². The van der Waals surface area contributed by atoms with E-state index < -0.39 is 0 Å². The van der Waals surface area contributed by atoms with Gasteiger partial charge in [0, 0.05) is 23.9 Å². The van der Waals surface area contributed by atoms with Gasteiger partial charge in [0.1, 0.15) is 11.6 Å². The minimum atomic E-state index is 0.556. The third-order valence-electron chi connectivity index (χ3n) is 2.91. The Morgan fingerprint density at radius 1 is 1.20 bits per heavy atom. The number of hydrogen-bond donors (Lipinski definition) is 1. The molecule has 1 N–H and O–H groups in total. The van der Waals surface area contributed by atoms with E-state index in [0.29, 0.717) is 16.6 Å². The van der Waals surface area contributed by atoms with Gasteiger partial charge in [0.05, 0.1) is 12.1 Å². The number of hydrogen-bond acceptors (Lipinski definition) is 4. The van der Waals surface area contributed by atoms with Gasteiger partial charge in [-0.15, -0.1) is 0 Å². The first-order chi connectivity index (χ1) is 9.67. The second-order valence-corrected chi connectivity index (χ2v) is 4.71. The molecule has 1 heterocycles. The number of aromatic nitrogens is 2. The highest BCUT2D eigenvalue weighted by Crippen LogP contribution is 2.29. The fourth-order valence-corrected chi connectivity index (χ4v) is 2.14. The molecule has 20 heavy (non-hydrogen) atoms. The van der Waals surface area contributed by atoms with Crippen molar-refractivity contribution in [2.24, 2.45) is 0 Å². The molecule has 0 fully saturated rings. The van der Waals surface area contributed by atoms with Crippen molar-refractivity contribution in [1.82, 2.24) is 9.97 Å². The van der Waals surface area contributed by atoms with E-state index >= 15 is 0 Å². The molecule has 0 radical (unpaired) electrons. The van der Waals surface area contributed by atoms with Gasteiger partial charge in [0.25, 0.3) is 0 Å². The number of nitrogens with zero attached hydrogens (tertiary/aromatic N) is 2. The van der Waals surface area contributed by atoms with Gasteiger partial charge in [-0.1, -0.05) is 18.5 Å². The molecule has 0 unspecified atom stereocenters. The average Bonchev–Trinajstić information content (AvgIpc) is 2.47. The fourth-order valence-electron chi connectivity index (χ4n) is 1.88. The summed E-state index contributed by atoms with van der Waals surface area (Å²) in [5.74, 6) is 2.15. The van der Waals surface area contributed by atoms with Crippen molar-refractivity contribution in [2.75, 3.05) is 19.0 Å². The maximum atomic E-state index is 6.16. The number of benzene rings is 1. The van der Waals surface area contributed by atoms with E-state index in [0.717, 1.165) is 30.0 Å². The smallest absolute Gasteiger partial charge is 0.161 e. The molecule has 0 aliphatic carbocycles. The van der Waals surface area contributed by atoms with Crippen LogP contribution < -0.4 is 10.1 Å². The highest BCUT2D eigenvalue weighted by molar-refractivity contribution is 6.32. The number of aryl methyl sites for hydroxylation is 1. The summed E-state index contributed by atoms with van der Waals surface area (Å²) in [7, 11) is 1.60. The molecule has 0 saturated carbocycles. The molecule has 0 aliphatic heterocycles. The molecule has 0 bridgehead atoms. The van der Waals surface area contributed by atoms with Gasteiger partial charge >= 0.3 is 0 Å². The normalized spacial score (nSPS) is 10.4. The summed E-state index contributed by atoms with van der Waals surface area (Å²) in [5.41, 5.74) is 1.88. The number of anilines is 1. The molecular weight excluding hydrogens is 274 g/mol.